The zero-order chi connectivity index (χ0) is 21.3. The van der Waals surface area contributed by atoms with Gasteiger partial charge in [0.05, 0.1) is 5.56 Å². The molecule has 0 saturated carbocycles. The van der Waals surface area contributed by atoms with Crippen LogP contribution in [0, 0.1) is 0 Å². The molecule has 1 amide bonds. The van der Waals surface area contributed by atoms with Crippen molar-refractivity contribution in [3.63, 3.8) is 0 Å². The predicted octanol–water partition coefficient (Wildman–Crippen LogP) is 5.83. The second-order valence-corrected chi connectivity index (χ2v) is 7.84. The van der Waals surface area contributed by atoms with Gasteiger partial charge in [0, 0.05) is 12.2 Å². The SMILES string of the molecule is CCCCCCCCCCCCCCNc1ccc(C(=O)OC(C)C(N)=O)cc1. The van der Waals surface area contributed by atoms with Gasteiger partial charge in [-0.3, -0.25) is 4.79 Å². The summed E-state index contributed by atoms with van der Waals surface area (Å²) in [6.07, 6.45) is 15.2. The third kappa shape index (κ3) is 12.2. The topological polar surface area (TPSA) is 81.4 Å². The Balaban J connectivity index is 2.03. The minimum atomic E-state index is -0.925. The number of ether oxygens (including phenoxy) is 1. The van der Waals surface area contributed by atoms with Gasteiger partial charge < -0.3 is 15.8 Å². The molecule has 164 valence electrons. The summed E-state index contributed by atoms with van der Waals surface area (Å²) in [6, 6.07) is 7.10. The Morgan fingerprint density at radius 1 is 0.862 bits per heavy atom. The highest BCUT2D eigenvalue weighted by atomic mass is 16.5. The highest BCUT2D eigenvalue weighted by Gasteiger charge is 2.15. The molecule has 1 rings (SSSR count). The van der Waals surface area contributed by atoms with Crippen LogP contribution in [-0.2, 0) is 9.53 Å². The van der Waals surface area contributed by atoms with Gasteiger partial charge in [0.2, 0.25) is 0 Å². The number of esters is 1. The maximum Gasteiger partial charge on any atom is 0.338 e. The van der Waals surface area contributed by atoms with Gasteiger partial charge in [0.1, 0.15) is 0 Å². The van der Waals surface area contributed by atoms with Gasteiger partial charge in [-0.25, -0.2) is 4.79 Å². The van der Waals surface area contributed by atoms with Crippen molar-refractivity contribution in [1.29, 1.82) is 0 Å². The van der Waals surface area contributed by atoms with E-state index in [1.165, 1.54) is 77.6 Å². The number of nitrogens with two attached hydrogens (primary N) is 1. The smallest absolute Gasteiger partial charge is 0.338 e. The Kier molecular flexibility index (Phi) is 13.6. The number of primary amides is 1. The molecule has 0 fully saturated rings. The average Bonchev–Trinajstić information content (AvgIpc) is 2.71. The first-order valence-corrected chi connectivity index (χ1v) is 11.4. The molecule has 0 radical (unpaired) electrons. The van der Waals surface area contributed by atoms with Crippen LogP contribution >= 0.6 is 0 Å². The van der Waals surface area contributed by atoms with E-state index in [1.54, 1.807) is 12.1 Å². The van der Waals surface area contributed by atoms with E-state index in [0.29, 0.717) is 5.56 Å². The monoisotopic (exact) mass is 404 g/mol. The van der Waals surface area contributed by atoms with E-state index in [2.05, 4.69) is 12.2 Å². The number of rotatable bonds is 17. The van der Waals surface area contributed by atoms with Crippen LogP contribution in [0.4, 0.5) is 5.69 Å². The molecule has 1 aromatic rings. The number of nitrogens with one attached hydrogen (secondary N) is 1. The summed E-state index contributed by atoms with van der Waals surface area (Å²) in [5.41, 5.74) is 6.49. The molecule has 0 bridgehead atoms. The lowest BCUT2D eigenvalue weighted by Crippen LogP contribution is -2.30. The maximum absolute atomic E-state index is 11.9. The molecule has 0 aliphatic carbocycles. The second kappa shape index (κ2) is 15.8. The molecule has 0 aromatic heterocycles. The second-order valence-electron chi connectivity index (χ2n) is 7.84. The van der Waals surface area contributed by atoms with E-state index >= 15 is 0 Å². The molecule has 1 atom stereocenters. The van der Waals surface area contributed by atoms with E-state index in [4.69, 9.17) is 10.5 Å². The Hall–Kier alpha value is -2.04. The predicted molar refractivity (Wildman–Crippen MR) is 120 cm³/mol. The Morgan fingerprint density at radius 2 is 1.34 bits per heavy atom. The van der Waals surface area contributed by atoms with Crippen molar-refractivity contribution >= 4 is 17.6 Å². The third-order valence-electron chi connectivity index (χ3n) is 5.16. The summed E-state index contributed by atoms with van der Waals surface area (Å²) in [6.45, 7) is 4.66. The van der Waals surface area contributed by atoms with Gasteiger partial charge in [-0.1, -0.05) is 77.6 Å². The number of anilines is 1. The molecule has 0 spiro atoms. The summed E-state index contributed by atoms with van der Waals surface area (Å²) in [7, 11) is 0. The highest BCUT2D eigenvalue weighted by Crippen LogP contribution is 2.14. The van der Waals surface area contributed by atoms with Gasteiger partial charge in [-0.2, -0.15) is 0 Å². The molecular formula is C24H40N2O3. The van der Waals surface area contributed by atoms with Crippen molar-refractivity contribution in [1.82, 2.24) is 0 Å². The first kappa shape index (κ1) is 25.0. The van der Waals surface area contributed by atoms with E-state index < -0.39 is 18.0 Å². The van der Waals surface area contributed by atoms with E-state index in [0.717, 1.165) is 18.7 Å². The Labute approximate surface area is 176 Å². The largest absolute Gasteiger partial charge is 0.449 e. The fourth-order valence-corrected chi connectivity index (χ4v) is 3.21. The molecule has 0 aliphatic rings. The minimum absolute atomic E-state index is 0.411. The molecule has 1 unspecified atom stereocenters. The molecule has 0 aliphatic heterocycles. The first-order valence-electron chi connectivity index (χ1n) is 11.4. The Bertz CT molecular complexity index is 572. The number of unbranched alkanes of at least 4 members (excludes halogenated alkanes) is 11. The molecule has 5 heteroatoms. The van der Waals surface area contributed by atoms with Gasteiger partial charge >= 0.3 is 5.97 Å². The van der Waals surface area contributed by atoms with Crippen LogP contribution in [0.25, 0.3) is 0 Å². The van der Waals surface area contributed by atoms with Crippen LogP contribution in [-0.4, -0.2) is 24.5 Å². The van der Waals surface area contributed by atoms with E-state index in [1.807, 2.05) is 12.1 Å². The van der Waals surface area contributed by atoms with Crippen molar-refractivity contribution < 1.29 is 14.3 Å². The average molecular weight is 405 g/mol. The Morgan fingerprint density at radius 3 is 1.83 bits per heavy atom. The minimum Gasteiger partial charge on any atom is -0.449 e. The van der Waals surface area contributed by atoms with Crippen molar-refractivity contribution in [3.05, 3.63) is 29.8 Å². The third-order valence-corrected chi connectivity index (χ3v) is 5.16. The molecule has 0 saturated heterocycles. The van der Waals surface area contributed by atoms with Crippen LogP contribution in [0.2, 0.25) is 0 Å². The number of hydrogen-bond donors (Lipinski definition) is 2. The number of carbonyl (C=O) groups excluding carboxylic acids is 2. The van der Waals surface area contributed by atoms with E-state index in [9.17, 15) is 9.59 Å². The van der Waals surface area contributed by atoms with Crippen molar-refractivity contribution in [3.8, 4) is 0 Å². The zero-order valence-corrected chi connectivity index (χ0v) is 18.4. The van der Waals surface area contributed by atoms with Gasteiger partial charge in [-0.05, 0) is 37.6 Å². The molecular weight excluding hydrogens is 364 g/mol. The quantitative estimate of drug-likeness (QED) is 0.253. The summed E-state index contributed by atoms with van der Waals surface area (Å²) in [4.78, 5) is 22.9. The number of benzene rings is 1. The molecule has 1 aromatic carbocycles. The standard InChI is InChI=1S/C24H40N2O3/c1-3-4-5-6-7-8-9-10-11-12-13-14-19-26-22-17-15-21(16-18-22)24(28)29-20(2)23(25)27/h15-18,20,26H,3-14,19H2,1-2H3,(H2,25,27). The zero-order valence-electron chi connectivity index (χ0n) is 18.4. The van der Waals surface area contributed by atoms with Crippen LogP contribution in [0.5, 0.6) is 0 Å². The lowest BCUT2D eigenvalue weighted by Gasteiger charge is -2.10. The molecule has 0 heterocycles. The molecule has 5 nitrogen and oxygen atoms in total. The maximum atomic E-state index is 11.9. The lowest BCUT2D eigenvalue weighted by molar-refractivity contribution is -0.125. The first-order chi connectivity index (χ1) is 14.0. The van der Waals surface area contributed by atoms with Crippen molar-refractivity contribution in [2.24, 2.45) is 5.73 Å². The number of amides is 1. The number of hydrogen-bond acceptors (Lipinski definition) is 4. The number of carbonyl (C=O) groups is 2. The molecule has 29 heavy (non-hydrogen) atoms. The van der Waals surface area contributed by atoms with E-state index in [-0.39, 0.29) is 0 Å². The molecule has 3 N–H and O–H groups in total. The summed E-state index contributed by atoms with van der Waals surface area (Å²) >= 11 is 0. The lowest BCUT2D eigenvalue weighted by atomic mass is 10.1. The highest BCUT2D eigenvalue weighted by molar-refractivity contribution is 5.92. The van der Waals surface area contributed by atoms with Crippen LogP contribution in [0.15, 0.2) is 24.3 Å². The van der Waals surface area contributed by atoms with Gasteiger partial charge in [0.15, 0.2) is 6.10 Å². The summed E-state index contributed by atoms with van der Waals surface area (Å²) in [5, 5.41) is 3.38. The fourth-order valence-electron chi connectivity index (χ4n) is 3.21. The van der Waals surface area contributed by atoms with Crippen molar-refractivity contribution in [2.75, 3.05) is 11.9 Å². The van der Waals surface area contributed by atoms with Crippen LogP contribution < -0.4 is 11.1 Å². The summed E-state index contributed by atoms with van der Waals surface area (Å²) < 4.78 is 4.99. The van der Waals surface area contributed by atoms with Crippen molar-refractivity contribution in [2.45, 2.75) is 97.0 Å². The van der Waals surface area contributed by atoms with Crippen LogP contribution in [0.3, 0.4) is 0 Å². The van der Waals surface area contributed by atoms with Gasteiger partial charge in [0.25, 0.3) is 5.91 Å². The fraction of sp³-hybridized carbons (Fsp3) is 0.667. The normalized spacial score (nSPS) is 11.8. The van der Waals surface area contributed by atoms with Crippen LogP contribution in [0.1, 0.15) is 101 Å². The summed E-state index contributed by atoms with van der Waals surface area (Å²) in [5.74, 6) is -1.19. The van der Waals surface area contributed by atoms with Gasteiger partial charge in [-0.15, -0.1) is 0 Å².